The van der Waals surface area contributed by atoms with Crippen LogP contribution in [0, 0.1) is 0 Å². The first-order chi connectivity index (χ1) is 6.32. The summed E-state index contributed by atoms with van der Waals surface area (Å²) in [7, 11) is 0. The molecule has 0 radical (unpaired) electrons. The Balaban J connectivity index is 2.30. The summed E-state index contributed by atoms with van der Waals surface area (Å²) in [5.41, 5.74) is -0.996. The van der Waals surface area contributed by atoms with Gasteiger partial charge in [-0.05, 0) is 20.8 Å². The minimum absolute atomic E-state index is 0.234. The molecule has 4 atom stereocenters. The lowest BCUT2D eigenvalue weighted by Crippen LogP contribution is -2.49. The van der Waals surface area contributed by atoms with Crippen LogP contribution in [0.3, 0.4) is 0 Å². The Hall–Kier alpha value is -0.0900. The van der Waals surface area contributed by atoms with Gasteiger partial charge in [0.1, 0.15) is 17.8 Å². The van der Waals surface area contributed by atoms with Crippen molar-refractivity contribution in [2.75, 3.05) is 0 Å². The van der Waals surface area contributed by atoms with Crippen molar-refractivity contribution in [3.63, 3.8) is 0 Å². The molecule has 1 N–H and O–H groups in total. The van der Waals surface area contributed by atoms with Gasteiger partial charge in [0.05, 0.1) is 5.38 Å². The van der Waals surface area contributed by atoms with Gasteiger partial charge in [0, 0.05) is 0 Å². The lowest BCUT2D eigenvalue weighted by molar-refractivity contribution is -0.160. The van der Waals surface area contributed by atoms with Gasteiger partial charge in [0.25, 0.3) is 0 Å². The number of hydrogen-bond acceptors (Lipinski definition) is 3. The molecule has 0 aromatic heterocycles. The highest BCUT2D eigenvalue weighted by molar-refractivity contribution is 6.22. The predicted octanol–water partition coefficient (Wildman–Crippen LogP) is 1.43. The fourth-order valence-corrected chi connectivity index (χ4v) is 2.22. The molecule has 0 aromatic carbocycles. The quantitative estimate of drug-likeness (QED) is 0.494. The molecule has 80 valence electrons. The summed E-state index contributed by atoms with van der Waals surface area (Å²) in [6.45, 7) is 5.35. The summed E-state index contributed by atoms with van der Waals surface area (Å²) in [5.74, 6) is -0.668. The van der Waals surface area contributed by atoms with E-state index in [2.05, 4.69) is 0 Å². The summed E-state index contributed by atoms with van der Waals surface area (Å²) in [4.78, 5) is 0. The first-order valence-electron chi connectivity index (χ1n) is 4.73. The molecule has 1 heterocycles. The van der Waals surface area contributed by atoms with Crippen LogP contribution in [0.5, 0.6) is 0 Å². The Bertz CT molecular complexity index is 273. The van der Waals surface area contributed by atoms with Gasteiger partial charge in [0.2, 0.25) is 0 Å². The number of ether oxygens (including phenoxy) is 2. The van der Waals surface area contributed by atoms with Crippen LogP contribution in [0.2, 0.25) is 0 Å². The average Bonchev–Trinajstić information content (AvgIpc) is 2.36. The van der Waals surface area contributed by atoms with E-state index in [9.17, 15) is 5.11 Å². The maximum Gasteiger partial charge on any atom is 0.164 e. The lowest BCUT2D eigenvalue weighted by Gasteiger charge is -2.34. The van der Waals surface area contributed by atoms with E-state index in [0.717, 1.165) is 0 Å². The topological polar surface area (TPSA) is 38.7 Å². The van der Waals surface area contributed by atoms with Gasteiger partial charge in [-0.2, -0.15) is 0 Å². The Morgan fingerprint density at radius 2 is 1.93 bits per heavy atom. The van der Waals surface area contributed by atoms with E-state index in [1.807, 2.05) is 13.8 Å². The van der Waals surface area contributed by atoms with Gasteiger partial charge < -0.3 is 14.6 Å². The zero-order valence-corrected chi connectivity index (χ0v) is 9.28. The normalized spacial score (nSPS) is 50.5. The van der Waals surface area contributed by atoms with Gasteiger partial charge in [-0.1, -0.05) is 12.2 Å². The van der Waals surface area contributed by atoms with Crippen LogP contribution >= 0.6 is 11.6 Å². The Kier molecular flexibility index (Phi) is 2.20. The molecule has 3 nitrogen and oxygen atoms in total. The molecule has 1 aliphatic carbocycles. The van der Waals surface area contributed by atoms with Gasteiger partial charge in [-0.25, -0.2) is 0 Å². The number of fused-ring (bicyclic) bond motifs is 1. The van der Waals surface area contributed by atoms with Crippen molar-refractivity contribution in [1.82, 2.24) is 0 Å². The highest BCUT2D eigenvalue weighted by atomic mass is 35.5. The van der Waals surface area contributed by atoms with Crippen molar-refractivity contribution in [2.45, 2.75) is 49.7 Å². The van der Waals surface area contributed by atoms with Gasteiger partial charge in [-0.3, -0.25) is 0 Å². The smallest absolute Gasteiger partial charge is 0.164 e. The van der Waals surface area contributed by atoms with Gasteiger partial charge >= 0.3 is 0 Å². The Morgan fingerprint density at radius 1 is 1.29 bits per heavy atom. The highest BCUT2D eigenvalue weighted by Gasteiger charge is 2.53. The highest BCUT2D eigenvalue weighted by Crippen LogP contribution is 2.40. The van der Waals surface area contributed by atoms with Crippen molar-refractivity contribution in [3.05, 3.63) is 12.2 Å². The van der Waals surface area contributed by atoms with Crippen molar-refractivity contribution in [1.29, 1.82) is 0 Å². The van der Waals surface area contributed by atoms with Crippen LogP contribution in [0.1, 0.15) is 20.8 Å². The molecule has 4 heteroatoms. The molecule has 2 aliphatic rings. The molecule has 0 saturated carbocycles. The van der Waals surface area contributed by atoms with Gasteiger partial charge in [0.15, 0.2) is 5.79 Å². The molecular weight excluding hydrogens is 204 g/mol. The van der Waals surface area contributed by atoms with E-state index < -0.39 is 11.4 Å². The number of halogens is 1. The average molecular weight is 219 g/mol. The third-order valence-electron chi connectivity index (χ3n) is 2.64. The minimum atomic E-state index is -0.996. The molecule has 4 unspecified atom stereocenters. The molecule has 14 heavy (non-hydrogen) atoms. The summed E-state index contributed by atoms with van der Waals surface area (Å²) in [5, 5.41) is 9.81. The van der Waals surface area contributed by atoms with E-state index in [1.165, 1.54) is 0 Å². The molecule has 0 bridgehead atoms. The largest absolute Gasteiger partial charge is 0.383 e. The van der Waals surface area contributed by atoms with E-state index in [4.69, 9.17) is 21.1 Å². The fourth-order valence-electron chi connectivity index (χ4n) is 1.97. The van der Waals surface area contributed by atoms with Crippen molar-refractivity contribution >= 4 is 11.6 Å². The third-order valence-corrected chi connectivity index (χ3v) is 3.03. The van der Waals surface area contributed by atoms with Crippen molar-refractivity contribution < 1.29 is 14.6 Å². The third kappa shape index (κ3) is 1.58. The van der Waals surface area contributed by atoms with Crippen LogP contribution in [-0.2, 0) is 9.47 Å². The summed E-state index contributed by atoms with van der Waals surface area (Å²) >= 11 is 6.07. The first kappa shape index (κ1) is 10.4. The predicted molar refractivity (Wildman–Crippen MR) is 53.2 cm³/mol. The second-order valence-electron chi connectivity index (χ2n) is 4.55. The van der Waals surface area contributed by atoms with Crippen LogP contribution in [0.4, 0.5) is 0 Å². The number of hydrogen-bond donors (Lipinski definition) is 1. The number of alkyl halides is 1. The minimum Gasteiger partial charge on any atom is -0.383 e. The lowest BCUT2D eigenvalue weighted by atomic mass is 9.87. The van der Waals surface area contributed by atoms with E-state index in [1.54, 1.807) is 19.1 Å². The molecule has 1 saturated heterocycles. The summed E-state index contributed by atoms with van der Waals surface area (Å²) in [6.07, 6.45) is 2.78. The molecular formula is C10H15ClO3. The summed E-state index contributed by atoms with van der Waals surface area (Å²) in [6, 6.07) is 0. The number of aliphatic hydroxyl groups is 1. The SMILES string of the molecule is CC1(C)OC2C(Cl)C=CC(C)(O)C2O1. The van der Waals surface area contributed by atoms with Crippen molar-refractivity contribution in [3.8, 4) is 0 Å². The molecule has 1 fully saturated rings. The molecule has 0 amide bonds. The molecule has 0 spiro atoms. The fraction of sp³-hybridized carbons (Fsp3) is 0.800. The van der Waals surface area contributed by atoms with Crippen LogP contribution in [0.25, 0.3) is 0 Å². The van der Waals surface area contributed by atoms with E-state index >= 15 is 0 Å². The second-order valence-corrected chi connectivity index (χ2v) is 5.05. The Morgan fingerprint density at radius 3 is 2.50 bits per heavy atom. The number of rotatable bonds is 0. The maximum atomic E-state index is 10.0. The first-order valence-corrected chi connectivity index (χ1v) is 5.17. The van der Waals surface area contributed by atoms with E-state index in [0.29, 0.717) is 0 Å². The zero-order valence-electron chi connectivity index (χ0n) is 8.53. The van der Waals surface area contributed by atoms with Crippen LogP contribution < -0.4 is 0 Å². The monoisotopic (exact) mass is 218 g/mol. The molecule has 0 aromatic rings. The van der Waals surface area contributed by atoms with Crippen LogP contribution in [0.15, 0.2) is 12.2 Å². The van der Waals surface area contributed by atoms with Crippen LogP contribution in [-0.4, -0.2) is 34.1 Å². The summed E-state index contributed by atoms with van der Waals surface area (Å²) < 4.78 is 11.3. The molecule has 1 aliphatic heterocycles. The van der Waals surface area contributed by atoms with Crippen molar-refractivity contribution in [2.24, 2.45) is 0 Å². The standard InChI is InChI=1S/C10H15ClO3/c1-9(2)13-7-6(11)4-5-10(3,12)8(7)14-9/h4-8,12H,1-3H3. The second kappa shape index (κ2) is 2.95. The Labute approximate surface area is 88.6 Å². The maximum absolute atomic E-state index is 10.0. The van der Waals surface area contributed by atoms with Gasteiger partial charge in [-0.15, -0.1) is 11.6 Å². The molecule has 2 rings (SSSR count). The zero-order chi connectivity index (χ0) is 10.6. The van der Waals surface area contributed by atoms with E-state index in [-0.39, 0.29) is 17.6 Å².